The quantitative estimate of drug-likeness (QED) is 0.621. The molecule has 0 amide bonds. The molecular formula is C19H19F2N5OS. The van der Waals surface area contributed by atoms with Crippen molar-refractivity contribution in [3.05, 3.63) is 66.7 Å². The van der Waals surface area contributed by atoms with E-state index in [2.05, 4.69) is 20.1 Å². The highest BCUT2D eigenvalue weighted by Crippen LogP contribution is 2.22. The molecule has 1 heterocycles. The summed E-state index contributed by atoms with van der Waals surface area (Å²) in [5.74, 6) is 0.0978. The average Bonchev–Trinajstić information content (AvgIpc) is 3.23. The Morgan fingerprint density at radius 2 is 1.82 bits per heavy atom. The molecule has 0 aliphatic rings. The first-order valence-electron chi connectivity index (χ1n) is 8.47. The van der Waals surface area contributed by atoms with E-state index < -0.39 is 6.61 Å². The highest BCUT2D eigenvalue weighted by Gasteiger charge is 2.15. The summed E-state index contributed by atoms with van der Waals surface area (Å²) in [4.78, 5) is 5.86. The number of hydrogen-bond acceptors (Lipinski definition) is 4. The first-order valence-corrected chi connectivity index (χ1v) is 8.88. The minimum Gasteiger partial charge on any atom is -0.435 e. The van der Waals surface area contributed by atoms with Crippen LogP contribution in [0, 0.1) is 0 Å². The van der Waals surface area contributed by atoms with Crippen LogP contribution in [0.25, 0.3) is 5.69 Å². The van der Waals surface area contributed by atoms with Gasteiger partial charge in [0.1, 0.15) is 18.4 Å². The topological polar surface area (TPSA) is 55.2 Å². The third-order valence-corrected chi connectivity index (χ3v) is 4.68. The van der Waals surface area contributed by atoms with Crippen molar-refractivity contribution < 1.29 is 13.5 Å². The van der Waals surface area contributed by atoms with Crippen molar-refractivity contribution in [1.29, 1.82) is 0 Å². The van der Waals surface area contributed by atoms with Gasteiger partial charge in [-0.25, -0.2) is 9.67 Å². The fourth-order valence-corrected chi connectivity index (χ4v) is 2.85. The number of anilines is 1. The van der Waals surface area contributed by atoms with Crippen LogP contribution in [0.5, 0.6) is 5.75 Å². The fraction of sp³-hybridized carbons (Fsp3) is 0.211. The summed E-state index contributed by atoms with van der Waals surface area (Å²) < 4.78 is 30.5. The Kier molecular flexibility index (Phi) is 6.15. The molecule has 0 aliphatic heterocycles. The lowest BCUT2D eigenvalue weighted by Gasteiger charge is -2.28. The van der Waals surface area contributed by atoms with Crippen LogP contribution in [-0.2, 0) is 0 Å². The lowest BCUT2D eigenvalue weighted by molar-refractivity contribution is -0.0498. The molecule has 0 saturated carbocycles. The summed E-state index contributed by atoms with van der Waals surface area (Å²) in [6, 6.07) is 14.2. The molecule has 1 N–H and O–H groups in total. The predicted molar refractivity (Wildman–Crippen MR) is 107 cm³/mol. The molecule has 2 aromatic carbocycles. The number of benzene rings is 2. The Morgan fingerprint density at radius 1 is 1.14 bits per heavy atom. The summed E-state index contributed by atoms with van der Waals surface area (Å²) in [6.45, 7) is -0.805. The van der Waals surface area contributed by atoms with Crippen molar-refractivity contribution in [2.75, 3.05) is 12.4 Å². The SMILES string of the molecule is C[C@H](c1ccc(-n2cncn2)cc1)N(C)C(=S)Nc1ccc(OC(F)F)cc1. The van der Waals surface area contributed by atoms with Gasteiger partial charge < -0.3 is 15.0 Å². The van der Waals surface area contributed by atoms with Crippen LogP contribution < -0.4 is 10.1 Å². The van der Waals surface area contributed by atoms with Crippen LogP contribution in [-0.4, -0.2) is 38.4 Å². The molecule has 3 aromatic rings. The number of rotatable bonds is 6. The number of alkyl halides is 2. The van der Waals surface area contributed by atoms with E-state index in [9.17, 15) is 8.78 Å². The molecule has 0 saturated heterocycles. The molecule has 6 nitrogen and oxygen atoms in total. The maximum Gasteiger partial charge on any atom is 0.387 e. The molecule has 0 aliphatic carbocycles. The maximum absolute atomic E-state index is 12.2. The van der Waals surface area contributed by atoms with Gasteiger partial charge >= 0.3 is 6.61 Å². The minimum absolute atomic E-state index is 0.0197. The summed E-state index contributed by atoms with van der Waals surface area (Å²) in [7, 11) is 1.89. The standard InChI is InChI=1S/C19H19F2N5OS/c1-13(14-3-7-16(8-4-14)26-12-22-11-23-26)25(2)19(28)24-15-5-9-17(10-6-15)27-18(20)21/h3-13,18H,1-2H3,(H,24,28)/t13-/m1/s1. The van der Waals surface area contributed by atoms with Gasteiger partial charge in [-0.2, -0.15) is 13.9 Å². The molecule has 1 atom stereocenters. The van der Waals surface area contributed by atoms with Gasteiger partial charge in [-0.3, -0.25) is 0 Å². The van der Waals surface area contributed by atoms with Gasteiger partial charge in [0.15, 0.2) is 5.11 Å². The molecule has 3 rings (SSSR count). The maximum atomic E-state index is 12.2. The van der Waals surface area contributed by atoms with E-state index in [4.69, 9.17) is 12.2 Å². The van der Waals surface area contributed by atoms with Gasteiger partial charge in [-0.15, -0.1) is 0 Å². The van der Waals surface area contributed by atoms with E-state index >= 15 is 0 Å². The van der Waals surface area contributed by atoms with Crippen molar-refractivity contribution in [3.63, 3.8) is 0 Å². The molecule has 0 bridgehead atoms. The monoisotopic (exact) mass is 403 g/mol. The summed E-state index contributed by atoms with van der Waals surface area (Å²) >= 11 is 5.47. The fourth-order valence-electron chi connectivity index (χ4n) is 2.58. The molecule has 146 valence electrons. The first kappa shape index (κ1) is 19.7. The van der Waals surface area contributed by atoms with Gasteiger partial charge in [0.25, 0.3) is 0 Å². The second kappa shape index (κ2) is 8.75. The third-order valence-electron chi connectivity index (χ3n) is 4.29. The first-order chi connectivity index (χ1) is 13.4. The predicted octanol–water partition coefficient (Wildman–Crippen LogP) is 4.26. The highest BCUT2D eigenvalue weighted by atomic mass is 32.1. The van der Waals surface area contributed by atoms with Gasteiger partial charge in [0.2, 0.25) is 0 Å². The van der Waals surface area contributed by atoms with Crippen LogP contribution in [0.4, 0.5) is 14.5 Å². The van der Waals surface area contributed by atoms with Crippen molar-refractivity contribution in [3.8, 4) is 11.4 Å². The number of nitrogens with zero attached hydrogens (tertiary/aromatic N) is 4. The largest absolute Gasteiger partial charge is 0.435 e. The Labute approximate surface area is 166 Å². The van der Waals surface area contributed by atoms with E-state index in [-0.39, 0.29) is 11.8 Å². The van der Waals surface area contributed by atoms with Crippen molar-refractivity contribution >= 4 is 23.0 Å². The van der Waals surface area contributed by atoms with Crippen molar-refractivity contribution in [2.45, 2.75) is 19.6 Å². The number of halogens is 2. The van der Waals surface area contributed by atoms with Crippen LogP contribution >= 0.6 is 12.2 Å². The van der Waals surface area contributed by atoms with Crippen molar-refractivity contribution in [1.82, 2.24) is 19.7 Å². The van der Waals surface area contributed by atoms with Crippen molar-refractivity contribution in [2.24, 2.45) is 0 Å². The molecule has 28 heavy (non-hydrogen) atoms. The second-order valence-corrected chi connectivity index (χ2v) is 6.44. The molecule has 9 heteroatoms. The Bertz CT molecular complexity index is 901. The van der Waals surface area contributed by atoms with Gasteiger partial charge in [-0.1, -0.05) is 12.1 Å². The number of nitrogens with one attached hydrogen (secondary N) is 1. The molecule has 0 unspecified atom stereocenters. The number of aromatic nitrogens is 3. The normalized spacial score (nSPS) is 11.9. The van der Waals surface area contributed by atoms with Crippen LogP contribution in [0.2, 0.25) is 0 Å². The van der Waals surface area contributed by atoms with Gasteiger partial charge in [0, 0.05) is 12.7 Å². The molecule has 0 fully saturated rings. The zero-order chi connectivity index (χ0) is 20.1. The smallest absolute Gasteiger partial charge is 0.387 e. The third kappa shape index (κ3) is 4.80. The van der Waals surface area contributed by atoms with E-state index in [0.29, 0.717) is 10.8 Å². The van der Waals surface area contributed by atoms with Gasteiger partial charge in [0.05, 0.1) is 11.7 Å². The second-order valence-electron chi connectivity index (χ2n) is 6.05. The Balaban J connectivity index is 1.62. The lowest BCUT2D eigenvalue weighted by atomic mass is 10.1. The van der Waals surface area contributed by atoms with Crippen LogP contribution in [0.1, 0.15) is 18.5 Å². The van der Waals surface area contributed by atoms with E-state index in [1.807, 2.05) is 43.1 Å². The molecule has 1 aromatic heterocycles. The summed E-state index contributed by atoms with van der Waals surface area (Å²) in [5, 5.41) is 7.72. The number of hydrogen-bond donors (Lipinski definition) is 1. The zero-order valence-electron chi connectivity index (χ0n) is 15.3. The molecule has 0 spiro atoms. The van der Waals surface area contributed by atoms with Crippen LogP contribution in [0.3, 0.4) is 0 Å². The van der Waals surface area contributed by atoms with E-state index in [1.54, 1.807) is 23.1 Å². The average molecular weight is 403 g/mol. The Morgan fingerprint density at radius 3 is 2.39 bits per heavy atom. The molecular weight excluding hydrogens is 384 g/mol. The molecule has 0 radical (unpaired) electrons. The van der Waals surface area contributed by atoms with E-state index in [1.165, 1.54) is 18.5 Å². The zero-order valence-corrected chi connectivity index (χ0v) is 16.1. The summed E-state index contributed by atoms with van der Waals surface area (Å²) in [6.07, 6.45) is 3.13. The number of thiocarbonyl (C=S) groups is 1. The highest BCUT2D eigenvalue weighted by molar-refractivity contribution is 7.80. The lowest BCUT2D eigenvalue weighted by Crippen LogP contribution is -2.33. The van der Waals surface area contributed by atoms with Gasteiger partial charge in [-0.05, 0) is 61.1 Å². The Hall–Kier alpha value is -3.07. The number of ether oxygens (including phenoxy) is 1. The summed E-state index contributed by atoms with van der Waals surface area (Å²) in [5.41, 5.74) is 2.69. The minimum atomic E-state index is -2.84. The van der Waals surface area contributed by atoms with Crippen LogP contribution in [0.15, 0.2) is 61.2 Å². The van der Waals surface area contributed by atoms with E-state index in [0.717, 1.165) is 11.3 Å².